The first kappa shape index (κ1) is 10.4. The average molecular weight is 223 g/mol. The highest BCUT2D eigenvalue weighted by Gasteiger charge is 2.13. The van der Waals surface area contributed by atoms with Crippen LogP contribution < -0.4 is 4.90 Å². The third-order valence-electron chi connectivity index (χ3n) is 2.20. The number of anilines is 1. The summed E-state index contributed by atoms with van der Waals surface area (Å²) in [4.78, 5) is 16.4. The molecule has 0 spiro atoms. The zero-order valence-electron chi connectivity index (χ0n) is 8.81. The number of nitrogens with zero attached hydrogens (tertiary/aromatic N) is 3. The molecule has 0 aliphatic heterocycles. The monoisotopic (exact) mass is 223 g/mol. The molecule has 0 aliphatic rings. The summed E-state index contributed by atoms with van der Waals surface area (Å²) in [6, 6.07) is 1.31. The van der Waals surface area contributed by atoms with Crippen molar-refractivity contribution in [2.24, 2.45) is 0 Å². The largest absolute Gasteiger partial charge is 0.476 e. The highest BCUT2D eigenvalue weighted by atomic mass is 19.1. The number of carboxylic acid groups (broad SMARTS) is 1. The first-order valence-corrected chi connectivity index (χ1v) is 4.58. The van der Waals surface area contributed by atoms with Crippen LogP contribution in [0.4, 0.5) is 10.1 Å². The lowest BCUT2D eigenvalue weighted by Crippen LogP contribution is -2.10. The summed E-state index contributed by atoms with van der Waals surface area (Å²) >= 11 is 0. The summed E-state index contributed by atoms with van der Waals surface area (Å²) in [6.07, 6.45) is 2.48. The molecule has 6 heteroatoms. The fraction of sp³-hybridized carbons (Fsp3) is 0.200. The third-order valence-corrected chi connectivity index (χ3v) is 2.20. The van der Waals surface area contributed by atoms with Gasteiger partial charge in [-0.05, 0) is 0 Å². The molecule has 2 aromatic rings. The normalized spacial score (nSPS) is 10.7. The number of rotatable bonds is 2. The van der Waals surface area contributed by atoms with Crippen LogP contribution in [0.3, 0.4) is 0 Å². The average Bonchev–Trinajstić information content (AvgIpc) is 2.59. The molecule has 0 radical (unpaired) electrons. The Kier molecular flexibility index (Phi) is 2.26. The Labute approximate surface area is 90.7 Å². The molecule has 0 unspecified atom stereocenters. The zero-order valence-corrected chi connectivity index (χ0v) is 8.81. The van der Waals surface area contributed by atoms with E-state index in [4.69, 9.17) is 5.11 Å². The molecule has 0 aliphatic carbocycles. The minimum atomic E-state index is -1.13. The van der Waals surface area contributed by atoms with Gasteiger partial charge in [-0.2, -0.15) is 0 Å². The van der Waals surface area contributed by atoms with Crippen LogP contribution >= 0.6 is 0 Å². The smallest absolute Gasteiger partial charge is 0.356 e. The maximum Gasteiger partial charge on any atom is 0.356 e. The number of fused-ring (bicyclic) bond motifs is 1. The van der Waals surface area contributed by atoms with Gasteiger partial charge in [0, 0.05) is 32.6 Å². The van der Waals surface area contributed by atoms with E-state index in [0.29, 0.717) is 11.3 Å². The Morgan fingerprint density at radius 3 is 2.75 bits per heavy atom. The fourth-order valence-electron chi connectivity index (χ4n) is 1.48. The number of halogens is 1. The van der Waals surface area contributed by atoms with E-state index in [9.17, 15) is 9.18 Å². The van der Waals surface area contributed by atoms with E-state index in [-0.39, 0.29) is 5.69 Å². The van der Waals surface area contributed by atoms with Crippen molar-refractivity contribution < 1.29 is 14.3 Å². The molecule has 0 aromatic carbocycles. The molecular formula is C10H10FN3O2. The zero-order chi connectivity index (χ0) is 11.9. The van der Waals surface area contributed by atoms with Gasteiger partial charge < -0.3 is 14.4 Å². The van der Waals surface area contributed by atoms with Crippen molar-refractivity contribution in [3.8, 4) is 0 Å². The molecule has 1 N–H and O–H groups in total. The number of aromatic nitrogens is 2. The van der Waals surface area contributed by atoms with Gasteiger partial charge in [-0.15, -0.1) is 0 Å². The lowest BCUT2D eigenvalue weighted by Gasteiger charge is -2.13. The highest BCUT2D eigenvalue weighted by molar-refractivity contribution is 5.87. The van der Waals surface area contributed by atoms with Gasteiger partial charge in [0.2, 0.25) is 0 Å². The lowest BCUT2D eigenvalue weighted by atomic mass is 10.3. The van der Waals surface area contributed by atoms with Crippen molar-refractivity contribution >= 4 is 17.3 Å². The van der Waals surface area contributed by atoms with Crippen molar-refractivity contribution in [1.82, 2.24) is 9.38 Å². The second kappa shape index (κ2) is 3.48. The van der Waals surface area contributed by atoms with Crippen molar-refractivity contribution in [3.63, 3.8) is 0 Å². The van der Waals surface area contributed by atoms with Crippen LogP contribution in [0.5, 0.6) is 0 Å². The van der Waals surface area contributed by atoms with Crippen LogP contribution in [0.2, 0.25) is 0 Å². The van der Waals surface area contributed by atoms with Gasteiger partial charge in [-0.3, -0.25) is 0 Å². The van der Waals surface area contributed by atoms with Gasteiger partial charge in [0.05, 0.1) is 5.69 Å². The first-order valence-electron chi connectivity index (χ1n) is 4.58. The van der Waals surface area contributed by atoms with Crippen LogP contribution in [0.15, 0.2) is 18.5 Å². The highest BCUT2D eigenvalue weighted by Crippen LogP contribution is 2.20. The molecular weight excluding hydrogens is 213 g/mol. The summed E-state index contributed by atoms with van der Waals surface area (Å²) in [7, 11) is 3.48. The second-order valence-electron chi connectivity index (χ2n) is 3.60. The van der Waals surface area contributed by atoms with Gasteiger partial charge in [0.1, 0.15) is 5.82 Å². The molecule has 0 atom stereocenters. The molecule has 16 heavy (non-hydrogen) atoms. The Hall–Kier alpha value is -2.11. The van der Waals surface area contributed by atoms with Crippen molar-refractivity contribution in [1.29, 1.82) is 0 Å². The maximum atomic E-state index is 13.2. The van der Waals surface area contributed by atoms with Crippen LogP contribution in [0.25, 0.3) is 5.65 Å². The second-order valence-corrected chi connectivity index (χ2v) is 3.60. The molecule has 0 saturated heterocycles. The Bertz CT molecular complexity index is 562. The molecule has 5 nitrogen and oxygen atoms in total. The van der Waals surface area contributed by atoms with Crippen LogP contribution in [-0.4, -0.2) is 34.6 Å². The van der Waals surface area contributed by atoms with Gasteiger partial charge in [0.15, 0.2) is 11.3 Å². The van der Waals surface area contributed by atoms with Crippen molar-refractivity contribution in [3.05, 3.63) is 30.0 Å². The quantitative estimate of drug-likeness (QED) is 0.832. The molecule has 2 aromatic heterocycles. The predicted molar refractivity (Wildman–Crippen MR) is 56.4 cm³/mol. The standard InChI is InChI=1S/C10H10FN3O2/c1-13(2)8-3-6(11)4-14-5-7(10(15)16)12-9(8)14/h3-5H,1-2H3,(H,15,16). The minimum absolute atomic E-state index is 0.103. The number of carbonyl (C=O) groups is 1. The number of pyridine rings is 1. The van der Waals surface area contributed by atoms with E-state index in [2.05, 4.69) is 4.98 Å². The van der Waals surface area contributed by atoms with Crippen LogP contribution in [0.1, 0.15) is 10.5 Å². The Balaban J connectivity index is 2.75. The van der Waals surface area contributed by atoms with Gasteiger partial charge >= 0.3 is 5.97 Å². The fourth-order valence-corrected chi connectivity index (χ4v) is 1.48. The van der Waals surface area contributed by atoms with Crippen molar-refractivity contribution in [2.75, 3.05) is 19.0 Å². The Morgan fingerprint density at radius 2 is 2.19 bits per heavy atom. The third kappa shape index (κ3) is 1.58. The number of aromatic carboxylic acids is 1. The van der Waals surface area contributed by atoms with Gasteiger partial charge in [-0.1, -0.05) is 0 Å². The van der Waals surface area contributed by atoms with Crippen LogP contribution in [-0.2, 0) is 0 Å². The van der Waals surface area contributed by atoms with E-state index in [1.54, 1.807) is 19.0 Å². The first-order chi connectivity index (χ1) is 7.49. The Morgan fingerprint density at radius 1 is 1.50 bits per heavy atom. The van der Waals surface area contributed by atoms with E-state index < -0.39 is 11.8 Å². The van der Waals surface area contributed by atoms with E-state index in [1.165, 1.54) is 22.9 Å². The van der Waals surface area contributed by atoms with E-state index >= 15 is 0 Å². The summed E-state index contributed by atoms with van der Waals surface area (Å²) < 4.78 is 14.6. The van der Waals surface area contributed by atoms with Gasteiger partial charge in [-0.25, -0.2) is 14.2 Å². The number of hydrogen-bond acceptors (Lipinski definition) is 3. The molecule has 0 bridgehead atoms. The number of carboxylic acids is 1. The predicted octanol–water partition coefficient (Wildman–Crippen LogP) is 1.24. The summed E-state index contributed by atoms with van der Waals surface area (Å²) in [6.45, 7) is 0. The minimum Gasteiger partial charge on any atom is -0.476 e. The number of hydrogen-bond donors (Lipinski definition) is 1. The van der Waals surface area contributed by atoms with Gasteiger partial charge in [0.25, 0.3) is 0 Å². The molecule has 84 valence electrons. The molecule has 0 fully saturated rings. The molecule has 0 amide bonds. The molecule has 2 rings (SSSR count). The lowest BCUT2D eigenvalue weighted by molar-refractivity contribution is 0.0691. The topological polar surface area (TPSA) is 57.8 Å². The van der Waals surface area contributed by atoms with E-state index in [1.807, 2.05) is 0 Å². The summed E-state index contributed by atoms with van der Waals surface area (Å²) in [5.41, 5.74) is 0.852. The molecule has 0 saturated carbocycles. The van der Waals surface area contributed by atoms with Crippen LogP contribution in [0, 0.1) is 5.82 Å². The summed E-state index contributed by atoms with van der Waals surface area (Å²) in [5.74, 6) is -1.57. The van der Waals surface area contributed by atoms with Crippen molar-refractivity contribution in [2.45, 2.75) is 0 Å². The maximum absolute atomic E-state index is 13.2. The number of imidazole rings is 1. The summed E-state index contributed by atoms with van der Waals surface area (Å²) in [5, 5.41) is 8.80. The van der Waals surface area contributed by atoms with E-state index in [0.717, 1.165) is 0 Å². The SMILES string of the molecule is CN(C)c1cc(F)cn2cc(C(=O)O)nc12. The molecule has 2 heterocycles.